The van der Waals surface area contributed by atoms with Gasteiger partial charge in [-0.1, -0.05) is 36.9 Å². The Hall–Kier alpha value is -4.22. The topological polar surface area (TPSA) is 104 Å². The molecule has 0 aliphatic carbocycles. The normalized spacial score (nSPS) is 14.3. The van der Waals surface area contributed by atoms with E-state index in [1.165, 1.54) is 0 Å². The predicted octanol–water partition coefficient (Wildman–Crippen LogP) is 5.46. The van der Waals surface area contributed by atoms with Gasteiger partial charge in [-0.05, 0) is 51.8 Å². The minimum atomic E-state index is -0.522. The zero-order valence-electron chi connectivity index (χ0n) is 18.8. The van der Waals surface area contributed by atoms with Crippen molar-refractivity contribution in [2.24, 2.45) is 5.73 Å². The Bertz CT molecular complexity index is 1380. The molecule has 35 heavy (non-hydrogen) atoms. The molecule has 1 atom stereocenters. The van der Waals surface area contributed by atoms with Gasteiger partial charge in [-0.15, -0.1) is 0 Å². The summed E-state index contributed by atoms with van der Waals surface area (Å²) in [5.74, 6) is 0.660. The SMILES string of the molecule is C=CCOc1ccc(C2C(C#N)=C(N)Oc3cc(OC(=O)c4ccccc4Br)ccc32)cc1OC. The first-order chi connectivity index (χ1) is 17.0. The summed E-state index contributed by atoms with van der Waals surface area (Å²) >= 11 is 3.35. The molecule has 2 N–H and O–H groups in total. The maximum absolute atomic E-state index is 12.6. The highest BCUT2D eigenvalue weighted by molar-refractivity contribution is 9.10. The largest absolute Gasteiger partial charge is 0.493 e. The number of benzene rings is 3. The molecule has 0 saturated carbocycles. The fraction of sp³-hybridized carbons (Fsp3) is 0.111. The summed E-state index contributed by atoms with van der Waals surface area (Å²) in [7, 11) is 1.54. The van der Waals surface area contributed by atoms with Crippen molar-refractivity contribution in [1.82, 2.24) is 0 Å². The summed E-state index contributed by atoms with van der Waals surface area (Å²) in [5, 5.41) is 9.83. The van der Waals surface area contributed by atoms with Crippen molar-refractivity contribution in [1.29, 1.82) is 5.26 Å². The van der Waals surface area contributed by atoms with Crippen LogP contribution in [0.5, 0.6) is 23.0 Å². The maximum atomic E-state index is 12.6. The van der Waals surface area contributed by atoms with Crippen LogP contribution in [0.3, 0.4) is 0 Å². The number of carbonyl (C=O) groups excluding carboxylic acids is 1. The fourth-order valence-electron chi connectivity index (χ4n) is 3.76. The lowest BCUT2D eigenvalue weighted by molar-refractivity contribution is 0.0733. The van der Waals surface area contributed by atoms with Crippen molar-refractivity contribution in [3.63, 3.8) is 0 Å². The van der Waals surface area contributed by atoms with Crippen molar-refractivity contribution in [2.75, 3.05) is 13.7 Å². The summed E-state index contributed by atoms with van der Waals surface area (Å²) in [6, 6.07) is 19.5. The van der Waals surface area contributed by atoms with Gasteiger partial charge in [0.15, 0.2) is 11.5 Å². The fourth-order valence-corrected chi connectivity index (χ4v) is 4.21. The summed E-state index contributed by atoms with van der Waals surface area (Å²) in [5.41, 5.74) is 8.22. The molecule has 176 valence electrons. The van der Waals surface area contributed by atoms with Crippen LogP contribution < -0.4 is 24.7 Å². The minimum absolute atomic E-state index is 0.0229. The minimum Gasteiger partial charge on any atom is -0.493 e. The molecule has 1 aliphatic rings. The highest BCUT2D eigenvalue weighted by Crippen LogP contribution is 2.45. The van der Waals surface area contributed by atoms with E-state index in [0.29, 0.717) is 39.5 Å². The Morgan fingerprint density at radius 3 is 2.71 bits per heavy atom. The van der Waals surface area contributed by atoms with Crippen LogP contribution in [0, 0.1) is 11.3 Å². The molecule has 3 aromatic carbocycles. The van der Waals surface area contributed by atoms with Gasteiger partial charge >= 0.3 is 5.97 Å². The molecule has 0 amide bonds. The second-order valence-corrected chi connectivity index (χ2v) is 8.36. The lowest BCUT2D eigenvalue weighted by atomic mass is 9.83. The summed E-state index contributed by atoms with van der Waals surface area (Å²) in [6.07, 6.45) is 1.64. The van der Waals surface area contributed by atoms with E-state index in [2.05, 4.69) is 28.6 Å². The second-order valence-electron chi connectivity index (χ2n) is 7.50. The Morgan fingerprint density at radius 2 is 2.00 bits per heavy atom. The monoisotopic (exact) mass is 532 g/mol. The predicted molar refractivity (Wildman–Crippen MR) is 134 cm³/mol. The van der Waals surface area contributed by atoms with E-state index in [9.17, 15) is 10.1 Å². The van der Waals surface area contributed by atoms with Gasteiger partial charge in [0.2, 0.25) is 5.88 Å². The molecule has 7 nitrogen and oxygen atoms in total. The highest BCUT2D eigenvalue weighted by Gasteiger charge is 2.32. The van der Waals surface area contributed by atoms with Crippen LogP contribution in [0.4, 0.5) is 0 Å². The second kappa shape index (κ2) is 10.4. The number of hydrogen-bond acceptors (Lipinski definition) is 7. The van der Waals surface area contributed by atoms with E-state index in [4.69, 9.17) is 24.7 Å². The molecule has 0 saturated heterocycles. The van der Waals surface area contributed by atoms with Gasteiger partial charge < -0.3 is 24.7 Å². The Labute approximate surface area is 211 Å². The van der Waals surface area contributed by atoms with Gasteiger partial charge in [0.05, 0.1) is 18.6 Å². The molecular weight excluding hydrogens is 512 g/mol. The molecule has 3 aromatic rings. The lowest BCUT2D eigenvalue weighted by Crippen LogP contribution is -2.21. The third-order valence-electron chi connectivity index (χ3n) is 5.37. The first-order valence-corrected chi connectivity index (χ1v) is 11.4. The van der Waals surface area contributed by atoms with E-state index in [-0.39, 0.29) is 17.2 Å². The van der Waals surface area contributed by atoms with E-state index in [1.54, 1.807) is 61.7 Å². The van der Waals surface area contributed by atoms with E-state index in [0.717, 1.165) is 5.56 Å². The van der Waals surface area contributed by atoms with Crippen LogP contribution >= 0.6 is 15.9 Å². The zero-order chi connectivity index (χ0) is 24.9. The van der Waals surface area contributed by atoms with Crippen molar-refractivity contribution in [3.05, 3.63) is 106 Å². The van der Waals surface area contributed by atoms with Gasteiger partial charge in [-0.2, -0.15) is 5.26 Å². The van der Waals surface area contributed by atoms with Gasteiger partial charge in [-0.3, -0.25) is 0 Å². The molecular formula is C27H21BrN2O5. The van der Waals surface area contributed by atoms with Gasteiger partial charge in [0.1, 0.15) is 29.7 Å². The number of methoxy groups -OCH3 is 1. The van der Waals surface area contributed by atoms with Crippen LogP contribution in [0.15, 0.2) is 89.2 Å². The van der Waals surface area contributed by atoms with Crippen LogP contribution in [0.2, 0.25) is 0 Å². The molecule has 0 aromatic heterocycles. The number of carbonyl (C=O) groups is 1. The van der Waals surface area contributed by atoms with E-state index >= 15 is 0 Å². The lowest BCUT2D eigenvalue weighted by Gasteiger charge is -2.27. The number of allylic oxidation sites excluding steroid dienone is 1. The molecule has 0 fully saturated rings. The molecule has 1 heterocycles. The number of nitrogens with zero attached hydrogens (tertiary/aromatic N) is 1. The average molecular weight is 533 g/mol. The molecule has 0 radical (unpaired) electrons. The third-order valence-corrected chi connectivity index (χ3v) is 6.06. The van der Waals surface area contributed by atoms with Crippen LogP contribution in [-0.2, 0) is 0 Å². The van der Waals surface area contributed by atoms with Crippen LogP contribution in [0.1, 0.15) is 27.4 Å². The number of nitriles is 1. The molecule has 1 unspecified atom stereocenters. The van der Waals surface area contributed by atoms with Crippen molar-refractivity contribution in [2.45, 2.75) is 5.92 Å². The quantitative estimate of drug-likeness (QED) is 0.244. The smallest absolute Gasteiger partial charge is 0.344 e. The number of halogens is 1. The number of rotatable bonds is 7. The van der Waals surface area contributed by atoms with Gasteiger partial charge in [0, 0.05) is 16.1 Å². The number of fused-ring (bicyclic) bond motifs is 1. The van der Waals surface area contributed by atoms with Gasteiger partial charge in [-0.25, -0.2) is 4.79 Å². The first kappa shape index (κ1) is 23.9. The first-order valence-electron chi connectivity index (χ1n) is 10.6. The third kappa shape index (κ3) is 4.86. The molecule has 1 aliphatic heterocycles. The molecule has 8 heteroatoms. The van der Waals surface area contributed by atoms with E-state index in [1.807, 2.05) is 12.1 Å². The molecule has 0 bridgehead atoms. The Balaban J connectivity index is 1.70. The van der Waals surface area contributed by atoms with E-state index < -0.39 is 11.9 Å². The number of hydrogen-bond donors (Lipinski definition) is 1. The average Bonchev–Trinajstić information content (AvgIpc) is 2.86. The zero-order valence-corrected chi connectivity index (χ0v) is 20.4. The van der Waals surface area contributed by atoms with Crippen LogP contribution in [0.25, 0.3) is 0 Å². The number of esters is 1. The summed E-state index contributed by atoms with van der Waals surface area (Å²) in [6.45, 7) is 3.98. The molecule has 4 rings (SSSR count). The number of nitrogens with two attached hydrogens (primary N) is 1. The van der Waals surface area contributed by atoms with Crippen LogP contribution in [-0.4, -0.2) is 19.7 Å². The summed E-state index contributed by atoms with van der Waals surface area (Å²) in [4.78, 5) is 12.6. The molecule has 0 spiro atoms. The van der Waals surface area contributed by atoms with Crippen molar-refractivity contribution < 1.29 is 23.7 Å². The standard InChI is InChI=1S/C27H21BrN2O5/c1-3-12-33-22-11-8-16(13-24(22)32-2)25-19-10-9-17(14-23(19)35-26(30)20(25)15-29)34-27(31)18-6-4-5-7-21(18)28/h3-11,13-14,25H,1,12,30H2,2H3. The maximum Gasteiger partial charge on any atom is 0.344 e. The van der Waals surface area contributed by atoms with Gasteiger partial charge in [0.25, 0.3) is 0 Å². The Kier molecular flexibility index (Phi) is 7.09. The summed E-state index contributed by atoms with van der Waals surface area (Å²) < 4.78 is 23.0. The number of ether oxygens (including phenoxy) is 4. The van der Waals surface area contributed by atoms with Crippen molar-refractivity contribution in [3.8, 4) is 29.1 Å². The highest BCUT2D eigenvalue weighted by atomic mass is 79.9. The Morgan fingerprint density at radius 1 is 1.20 bits per heavy atom. The van der Waals surface area contributed by atoms with Crippen molar-refractivity contribution >= 4 is 21.9 Å².